The third-order valence-corrected chi connectivity index (χ3v) is 5.81. The van der Waals surface area contributed by atoms with E-state index in [4.69, 9.17) is 0 Å². The van der Waals surface area contributed by atoms with Crippen LogP contribution in [-0.4, -0.2) is 59.1 Å². The molecule has 0 spiro atoms. The molecule has 2 aliphatic heterocycles. The highest BCUT2D eigenvalue weighted by Crippen LogP contribution is 2.25. The molecule has 2 aromatic carbocycles. The van der Waals surface area contributed by atoms with Crippen molar-refractivity contribution in [2.75, 3.05) is 26.2 Å². The quantitative estimate of drug-likeness (QED) is 0.904. The number of amides is 1. The molecule has 4 rings (SSSR count). The Morgan fingerprint density at radius 3 is 2.30 bits per heavy atom. The standard InChI is InChI=1S/C23H28N2O2/c26-22-15-21(16-24-13-5-2-6-14-24)25(17-22)23(27)20-11-9-19(10-12-20)18-7-3-1-4-8-18/h1,3-4,7-12,21-22,26H,2,5-6,13-17H2/t21-,22-/m0/s1. The minimum Gasteiger partial charge on any atom is -0.391 e. The second-order valence-corrected chi connectivity index (χ2v) is 7.81. The number of aliphatic hydroxyl groups excluding tert-OH is 1. The molecule has 27 heavy (non-hydrogen) atoms. The Morgan fingerprint density at radius 2 is 1.59 bits per heavy atom. The van der Waals surface area contributed by atoms with Crippen LogP contribution in [0.2, 0.25) is 0 Å². The van der Waals surface area contributed by atoms with Crippen LogP contribution in [0.4, 0.5) is 0 Å². The molecule has 0 aromatic heterocycles. The largest absolute Gasteiger partial charge is 0.391 e. The molecule has 142 valence electrons. The minimum absolute atomic E-state index is 0.0353. The Labute approximate surface area is 161 Å². The first kappa shape index (κ1) is 18.2. The van der Waals surface area contributed by atoms with Gasteiger partial charge in [0.15, 0.2) is 0 Å². The van der Waals surface area contributed by atoms with E-state index in [0.717, 1.165) is 30.8 Å². The molecule has 0 saturated carbocycles. The molecule has 2 saturated heterocycles. The molecule has 4 heteroatoms. The maximum Gasteiger partial charge on any atom is 0.254 e. The summed E-state index contributed by atoms with van der Waals surface area (Å²) in [7, 11) is 0. The zero-order chi connectivity index (χ0) is 18.6. The molecule has 1 amide bonds. The molecule has 1 N–H and O–H groups in total. The van der Waals surface area contributed by atoms with Crippen LogP contribution in [0.25, 0.3) is 11.1 Å². The van der Waals surface area contributed by atoms with Crippen LogP contribution in [0.3, 0.4) is 0 Å². The van der Waals surface area contributed by atoms with Crippen LogP contribution in [0, 0.1) is 0 Å². The molecule has 2 aromatic rings. The van der Waals surface area contributed by atoms with Gasteiger partial charge in [0.1, 0.15) is 0 Å². The maximum absolute atomic E-state index is 13.1. The summed E-state index contributed by atoms with van der Waals surface area (Å²) in [6, 6.07) is 18.1. The predicted molar refractivity (Wildman–Crippen MR) is 108 cm³/mol. The van der Waals surface area contributed by atoms with Crippen molar-refractivity contribution in [1.82, 2.24) is 9.80 Å². The van der Waals surface area contributed by atoms with Gasteiger partial charge in [-0.2, -0.15) is 0 Å². The van der Waals surface area contributed by atoms with Gasteiger partial charge in [-0.25, -0.2) is 0 Å². The van der Waals surface area contributed by atoms with Crippen molar-refractivity contribution in [2.24, 2.45) is 0 Å². The van der Waals surface area contributed by atoms with Gasteiger partial charge in [-0.1, -0.05) is 48.9 Å². The van der Waals surface area contributed by atoms with Crippen molar-refractivity contribution in [3.05, 3.63) is 60.2 Å². The molecule has 2 fully saturated rings. The highest BCUT2D eigenvalue weighted by atomic mass is 16.3. The SMILES string of the molecule is O=C(c1ccc(-c2ccccc2)cc1)N1C[C@@H](O)C[C@H]1CN1CCCCC1. The zero-order valence-corrected chi connectivity index (χ0v) is 15.8. The van der Waals surface area contributed by atoms with Crippen LogP contribution in [0.1, 0.15) is 36.0 Å². The van der Waals surface area contributed by atoms with Gasteiger partial charge in [0.05, 0.1) is 6.10 Å². The van der Waals surface area contributed by atoms with E-state index in [1.807, 2.05) is 47.4 Å². The Kier molecular flexibility index (Phi) is 5.55. The first-order chi connectivity index (χ1) is 13.2. The van der Waals surface area contributed by atoms with Crippen molar-refractivity contribution in [3.8, 4) is 11.1 Å². The number of rotatable bonds is 4. The van der Waals surface area contributed by atoms with Gasteiger partial charge in [0.2, 0.25) is 0 Å². The first-order valence-corrected chi connectivity index (χ1v) is 10.1. The number of likely N-dealkylation sites (tertiary alicyclic amines) is 2. The molecule has 0 unspecified atom stereocenters. The van der Waals surface area contributed by atoms with E-state index in [1.165, 1.54) is 19.3 Å². The number of hydrogen-bond acceptors (Lipinski definition) is 3. The minimum atomic E-state index is -0.410. The van der Waals surface area contributed by atoms with E-state index < -0.39 is 6.10 Å². The summed E-state index contributed by atoms with van der Waals surface area (Å²) in [6.45, 7) is 3.55. The number of β-amino-alcohol motifs (C(OH)–C–C–N with tert-alkyl or cyclic N) is 1. The molecule has 2 aliphatic rings. The lowest BCUT2D eigenvalue weighted by atomic mass is 10.0. The summed E-state index contributed by atoms with van der Waals surface area (Å²) >= 11 is 0. The second kappa shape index (κ2) is 8.24. The highest BCUT2D eigenvalue weighted by molar-refractivity contribution is 5.95. The first-order valence-electron chi connectivity index (χ1n) is 10.1. The van der Waals surface area contributed by atoms with Crippen molar-refractivity contribution < 1.29 is 9.90 Å². The monoisotopic (exact) mass is 364 g/mol. The number of aliphatic hydroxyl groups is 1. The Balaban J connectivity index is 1.47. The predicted octanol–water partition coefficient (Wildman–Crippen LogP) is 3.41. The van der Waals surface area contributed by atoms with Gasteiger partial charge in [0, 0.05) is 24.7 Å². The topological polar surface area (TPSA) is 43.8 Å². The fraction of sp³-hybridized carbons (Fsp3) is 0.435. The van der Waals surface area contributed by atoms with Gasteiger partial charge < -0.3 is 14.9 Å². The Morgan fingerprint density at radius 1 is 0.926 bits per heavy atom. The summed E-state index contributed by atoms with van der Waals surface area (Å²) < 4.78 is 0. The lowest BCUT2D eigenvalue weighted by Crippen LogP contribution is -2.44. The van der Waals surface area contributed by atoms with Crippen LogP contribution < -0.4 is 0 Å². The van der Waals surface area contributed by atoms with Crippen molar-refractivity contribution >= 4 is 5.91 Å². The smallest absolute Gasteiger partial charge is 0.254 e. The highest BCUT2D eigenvalue weighted by Gasteiger charge is 2.35. The molecular formula is C23H28N2O2. The van der Waals surface area contributed by atoms with E-state index in [-0.39, 0.29) is 11.9 Å². The third-order valence-electron chi connectivity index (χ3n) is 5.81. The Hall–Kier alpha value is -2.17. The van der Waals surface area contributed by atoms with Crippen LogP contribution in [0.15, 0.2) is 54.6 Å². The maximum atomic E-state index is 13.1. The summed E-state index contributed by atoms with van der Waals surface area (Å²) in [5, 5.41) is 10.2. The fourth-order valence-corrected chi connectivity index (χ4v) is 4.36. The number of piperidine rings is 1. The van der Waals surface area contributed by atoms with Crippen LogP contribution >= 0.6 is 0 Å². The normalized spacial score (nSPS) is 23.5. The molecule has 2 heterocycles. The third kappa shape index (κ3) is 4.23. The van der Waals surface area contributed by atoms with E-state index in [9.17, 15) is 9.90 Å². The van der Waals surface area contributed by atoms with Gasteiger partial charge in [0.25, 0.3) is 5.91 Å². The summed E-state index contributed by atoms with van der Waals surface area (Å²) in [4.78, 5) is 17.4. The summed E-state index contributed by atoms with van der Waals surface area (Å²) in [5.41, 5.74) is 2.96. The van der Waals surface area contributed by atoms with Gasteiger partial charge in [-0.15, -0.1) is 0 Å². The molecule has 4 nitrogen and oxygen atoms in total. The second-order valence-electron chi connectivity index (χ2n) is 7.81. The average molecular weight is 364 g/mol. The van der Waals surface area contributed by atoms with E-state index >= 15 is 0 Å². The number of carbonyl (C=O) groups excluding carboxylic acids is 1. The lowest BCUT2D eigenvalue weighted by Gasteiger charge is -2.32. The van der Waals surface area contributed by atoms with Gasteiger partial charge >= 0.3 is 0 Å². The van der Waals surface area contributed by atoms with Crippen molar-refractivity contribution in [3.63, 3.8) is 0 Å². The van der Waals surface area contributed by atoms with Gasteiger partial charge in [-0.05, 0) is 55.6 Å². The van der Waals surface area contributed by atoms with Crippen LogP contribution in [0.5, 0.6) is 0 Å². The molecule has 0 aliphatic carbocycles. The number of hydrogen-bond donors (Lipinski definition) is 1. The van der Waals surface area contributed by atoms with Crippen molar-refractivity contribution in [2.45, 2.75) is 37.8 Å². The van der Waals surface area contributed by atoms with Crippen LogP contribution in [-0.2, 0) is 0 Å². The zero-order valence-electron chi connectivity index (χ0n) is 15.8. The molecular weight excluding hydrogens is 336 g/mol. The number of nitrogens with zero attached hydrogens (tertiary/aromatic N) is 2. The summed E-state index contributed by atoms with van der Waals surface area (Å²) in [6.07, 6.45) is 4.06. The number of benzene rings is 2. The molecule has 0 bridgehead atoms. The van der Waals surface area contributed by atoms with E-state index in [1.54, 1.807) is 0 Å². The van der Waals surface area contributed by atoms with E-state index in [2.05, 4.69) is 17.0 Å². The van der Waals surface area contributed by atoms with Gasteiger partial charge in [-0.3, -0.25) is 4.79 Å². The average Bonchev–Trinajstić information content (AvgIpc) is 3.09. The fourth-order valence-electron chi connectivity index (χ4n) is 4.36. The van der Waals surface area contributed by atoms with E-state index in [0.29, 0.717) is 18.5 Å². The number of carbonyl (C=O) groups is 1. The molecule has 0 radical (unpaired) electrons. The lowest BCUT2D eigenvalue weighted by molar-refractivity contribution is 0.0676. The Bertz CT molecular complexity index is 754. The molecule has 2 atom stereocenters. The van der Waals surface area contributed by atoms with Crippen molar-refractivity contribution in [1.29, 1.82) is 0 Å². The summed E-state index contributed by atoms with van der Waals surface area (Å²) in [5.74, 6) is 0.0353.